The van der Waals surface area contributed by atoms with E-state index in [1.54, 1.807) is 12.1 Å². The molecule has 0 aliphatic carbocycles. The molecule has 0 aliphatic rings. The number of hydrogen-bond acceptors (Lipinski definition) is 2. The number of nitrogens with zero attached hydrogens (tertiary/aromatic N) is 1. The fourth-order valence-corrected chi connectivity index (χ4v) is 1.86. The monoisotopic (exact) mass is 304 g/mol. The van der Waals surface area contributed by atoms with E-state index in [1.807, 2.05) is 19.9 Å². The molecule has 88 valence electrons. The summed E-state index contributed by atoms with van der Waals surface area (Å²) < 4.78 is 0.853. The summed E-state index contributed by atoms with van der Waals surface area (Å²) in [7, 11) is 0. The zero-order valence-electron chi connectivity index (χ0n) is 9.09. The quantitative estimate of drug-likeness (QED) is 0.341. The molecule has 4 N–H and O–H groups in total. The van der Waals surface area contributed by atoms with Gasteiger partial charge in [-0.2, -0.15) is 0 Å². The Morgan fingerprint density at radius 1 is 1.50 bits per heavy atom. The SMILES string of the molecule is CC(C)N=C(NN)Nc1ccc(Cl)cc1Br. The number of nitrogens with two attached hydrogens (primary N) is 1. The van der Waals surface area contributed by atoms with Crippen LogP contribution in [0, 0.1) is 0 Å². The van der Waals surface area contributed by atoms with Crippen LogP contribution in [-0.4, -0.2) is 12.0 Å². The van der Waals surface area contributed by atoms with Gasteiger partial charge in [-0.15, -0.1) is 0 Å². The Morgan fingerprint density at radius 2 is 2.19 bits per heavy atom. The highest BCUT2D eigenvalue weighted by Gasteiger charge is 2.03. The normalized spacial score (nSPS) is 11.8. The molecule has 6 heteroatoms. The van der Waals surface area contributed by atoms with Crippen molar-refractivity contribution >= 4 is 39.2 Å². The summed E-state index contributed by atoms with van der Waals surface area (Å²) in [6.45, 7) is 3.94. The molecule has 0 amide bonds. The lowest BCUT2D eigenvalue weighted by atomic mass is 10.3. The van der Waals surface area contributed by atoms with E-state index >= 15 is 0 Å². The second-order valence-electron chi connectivity index (χ2n) is 3.46. The molecule has 0 radical (unpaired) electrons. The smallest absolute Gasteiger partial charge is 0.210 e. The average molecular weight is 306 g/mol. The molecule has 0 bridgehead atoms. The number of halogens is 2. The van der Waals surface area contributed by atoms with Crippen LogP contribution in [0.15, 0.2) is 27.7 Å². The summed E-state index contributed by atoms with van der Waals surface area (Å²) >= 11 is 9.24. The molecular formula is C10H14BrClN4. The van der Waals surface area contributed by atoms with Crippen LogP contribution in [0.5, 0.6) is 0 Å². The number of anilines is 1. The number of hydrazine groups is 1. The summed E-state index contributed by atoms with van der Waals surface area (Å²) in [6.07, 6.45) is 0. The van der Waals surface area contributed by atoms with Crippen molar-refractivity contribution in [3.8, 4) is 0 Å². The van der Waals surface area contributed by atoms with Gasteiger partial charge in [-0.25, -0.2) is 10.8 Å². The van der Waals surface area contributed by atoms with Crippen molar-refractivity contribution in [2.45, 2.75) is 19.9 Å². The van der Waals surface area contributed by atoms with E-state index in [0.29, 0.717) is 11.0 Å². The summed E-state index contributed by atoms with van der Waals surface area (Å²) in [5, 5.41) is 3.73. The molecule has 1 aromatic carbocycles. The van der Waals surface area contributed by atoms with Crippen molar-refractivity contribution in [3.05, 3.63) is 27.7 Å². The van der Waals surface area contributed by atoms with Gasteiger partial charge in [-0.3, -0.25) is 5.43 Å². The van der Waals surface area contributed by atoms with Crippen LogP contribution in [0.3, 0.4) is 0 Å². The van der Waals surface area contributed by atoms with Gasteiger partial charge in [0.05, 0.1) is 5.69 Å². The topological polar surface area (TPSA) is 62.4 Å². The first kappa shape index (κ1) is 13.3. The van der Waals surface area contributed by atoms with E-state index in [4.69, 9.17) is 17.4 Å². The first-order chi connectivity index (χ1) is 7.52. The van der Waals surface area contributed by atoms with Crippen LogP contribution in [0.1, 0.15) is 13.8 Å². The molecule has 0 saturated heterocycles. The Labute approximate surface area is 108 Å². The summed E-state index contributed by atoms with van der Waals surface area (Å²) in [4.78, 5) is 4.27. The van der Waals surface area contributed by atoms with Crippen molar-refractivity contribution in [2.75, 3.05) is 5.32 Å². The van der Waals surface area contributed by atoms with Gasteiger partial charge in [0, 0.05) is 15.5 Å². The Morgan fingerprint density at radius 3 is 2.69 bits per heavy atom. The van der Waals surface area contributed by atoms with Crippen LogP contribution >= 0.6 is 27.5 Å². The number of benzene rings is 1. The minimum atomic E-state index is 0.157. The summed E-state index contributed by atoms with van der Waals surface area (Å²) in [5.41, 5.74) is 3.36. The van der Waals surface area contributed by atoms with Gasteiger partial charge in [0.2, 0.25) is 5.96 Å². The molecule has 0 saturated carbocycles. The first-order valence-corrected chi connectivity index (χ1v) is 5.96. The van der Waals surface area contributed by atoms with Crippen molar-refractivity contribution in [1.82, 2.24) is 5.43 Å². The highest BCUT2D eigenvalue weighted by atomic mass is 79.9. The third kappa shape index (κ3) is 4.00. The van der Waals surface area contributed by atoms with E-state index in [9.17, 15) is 0 Å². The van der Waals surface area contributed by atoms with Crippen molar-refractivity contribution in [1.29, 1.82) is 0 Å². The van der Waals surface area contributed by atoms with Crippen LogP contribution in [0.25, 0.3) is 0 Å². The minimum absolute atomic E-state index is 0.157. The van der Waals surface area contributed by atoms with Crippen LogP contribution in [0.2, 0.25) is 5.02 Å². The number of hydrogen-bond donors (Lipinski definition) is 3. The maximum atomic E-state index is 5.84. The van der Waals surface area contributed by atoms with Gasteiger partial charge in [-0.05, 0) is 48.0 Å². The number of nitrogens with one attached hydrogen (secondary N) is 2. The standard InChI is InChI=1S/C10H14BrClN4/c1-6(2)14-10(16-13)15-9-4-3-7(12)5-8(9)11/h3-6H,13H2,1-2H3,(H2,14,15,16). The number of aliphatic imine (C=N–C) groups is 1. The third-order valence-electron chi connectivity index (χ3n) is 1.71. The van der Waals surface area contributed by atoms with Crippen molar-refractivity contribution < 1.29 is 0 Å². The molecule has 1 aromatic rings. The first-order valence-electron chi connectivity index (χ1n) is 4.79. The van der Waals surface area contributed by atoms with E-state index in [2.05, 4.69) is 31.7 Å². The molecule has 0 atom stereocenters. The second kappa shape index (κ2) is 6.08. The lowest BCUT2D eigenvalue weighted by Gasteiger charge is -2.12. The van der Waals surface area contributed by atoms with Crippen molar-refractivity contribution in [3.63, 3.8) is 0 Å². The fourth-order valence-electron chi connectivity index (χ4n) is 1.08. The number of guanidine groups is 1. The zero-order chi connectivity index (χ0) is 12.1. The van der Waals surface area contributed by atoms with Crippen LogP contribution in [0.4, 0.5) is 5.69 Å². The maximum absolute atomic E-state index is 5.84. The third-order valence-corrected chi connectivity index (χ3v) is 2.60. The highest BCUT2D eigenvalue weighted by Crippen LogP contribution is 2.25. The predicted molar refractivity (Wildman–Crippen MR) is 72.7 cm³/mol. The van der Waals surface area contributed by atoms with Crippen LogP contribution in [-0.2, 0) is 0 Å². The van der Waals surface area contributed by atoms with E-state index in [0.717, 1.165) is 10.2 Å². The van der Waals surface area contributed by atoms with Gasteiger partial charge in [-0.1, -0.05) is 11.6 Å². The number of rotatable bonds is 2. The lowest BCUT2D eigenvalue weighted by molar-refractivity contribution is 0.819. The van der Waals surface area contributed by atoms with E-state index in [-0.39, 0.29) is 6.04 Å². The van der Waals surface area contributed by atoms with Gasteiger partial charge in [0.1, 0.15) is 0 Å². The molecular weight excluding hydrogens is 291 g/mol. The molecule has 4 nitrogen and oxygen atoms in total. The van der Waals surface area contributed by atoms with Crippen molar-refractivity contribution in [2.24, 2.45) is 10.8 Å². The van der Waals surface area contributed by atoms with E-state index in [1.165, 1.54) is 0 Å². The maximum Gasteiger partial charge on any atom is 0.210 e. The summed E-state index contributed by atoms with van der Waals surface area (Å²) in [6, 6.07) is 5.59. The molecule has 0 aliphatic heterocycles. The molecule has 0 aromatic heterocycles. The van der Waals surface area contributed by atoms with Gasteiger partial charge in [0.15, 0.2) is 0 Å². The molecule has 0 heterocycles. The van der Waals surface area contributed by atoms with Gasteiger partial charge >= 0.3 is 0 Å². The Hall–Kier alpha value is -0.780. The Bertz CT molecular complexity index is 392. The predicted octanol–water partition coefficient (Wildman–Crippen LogP) is 2.74. The molecule has 0 spiro atoms. The molecule has 16 heavy (non-hydrogen) atoms. The molecule has 1 rings (SSSR count). The largest absolute Gasteiger partial charge is 0.324 e. The average Bonchev–Trinajstić information content (AvgIpc) is 2.20. The zero-order valence-corrected chi connectivity index (χ0v) is 11.4. The lowest BCUT2D eigenvalue weighted by Crippen LogP contribution is -2.37. The molecule has 0 unspecified atom stereocenters. The Balaban J connectivity index is 2.86. The molecule has 0 fully saturated rings. The highest BCUT2D eigenvalue weighted by molar-refractivity contribution is 9.10. The summed E-state index contributed by atoms with van der Waals surface area (Å²) in [5.74, 6) is 5.88. The fraction of sp³-hybridized carbons (Fsp3) is 0.300. The Kier molecular flexibility index (Phi) is 5.05. The van der Waals surface area contributed by atoms with E-state index < -0.39 is 0 Å². The minimum Gasteiger partial charge on any atom is -0.324 e. The second-order valence-corrected chi connectivity index (χ2v) is 4.76. The van der Waals surface area contributed by atoms with Gasteiger partial charge in [0.25, 0.3) is 0 Å². The van der Waals surface area contributed by atoms with Crippen LogP contribution < -0.4 is 16.6 Å². The van der Waals surface area contributed by atoms with Gasteiger partial charge < -0.3 is 5.32 Å².